The van der Waals surface area contributed by atoms with Crippen LogP contribution in [0.15, 0.2) is 18.2 Å². The average molecular weight is 300 g/mol. The smallest absolute Gasteiger partial charge is 0.224 e. The fourth-order valence-corrected chi connectivity index (χ4v) is 2.19. The molecule has 5 heteroatoms. The van der Waals surface area contributed by atoms with Gasteiger partial charge >= 0.3 is 0 Å². The standard InChI is InChI=1S/C15H22ClNO3/c1-11(6-7-16)10-17-15(18)9-12-4-5-13(19-2)14(8-12)20-3/h4-5,8,11H,6-7,9-10H2,1-3H3,(H,17,18). The molecule has 0 saturated heterocycles. The number of carbonyl (C=O) groups excluding carboxylic acids is 1. The predicted octanol–water partition coefficient (Wildman–Crippen LogP) is 2.63. The molecule has 0 spiro atoms. The highest BCUT2D eigenvalue weighted by Crippen LogP contribution is 2.27. The van der Waals surface area contributed by atoms with E-state index >= 15 is 0 Å². The third-order valence-electron chi connectivity index (χ3n) is 3.06. The molecule has 1 rings (SSSR count). The molecule has 0 heterocycles. The minimum absolute atomic E-state index is 0.00126. The Morgan fingerprint density at radius 3 is 2.60 bits per heavy atom. The summed E-state index contributed by atoms with van der Waals surface area (Å²) < 4.78 is 10.4. The summed E-state index contributed by atoms with van der Waals surface area (Å²) in [5, 5.41) is 2.91. The molecule has 20 heavy (non-hydrogen) atoms. The molecule has 0 radical (unpaired) electrons. The van der Waals surface area contributed by atoms with E-state index in [1.54, 1.807) is 20.3 Å². The third-order valence-corrected chi connectivity index (χ3v) is 3.28. The van der Waals surface area contributed by atoms with E-state index in [9.17, 15) is 4.79 Å². The Kier molecular flexibility index (Phi) is 7.23. The molecular formula is C15H22ClNO3. The molecule has 0 aromatic heterocycles. The second-order valence-corrected chi connectivity index (χ2v) is 5.13. The maximum Gasteiger partial charge on any atom is 0.224 e. The monoisotopic (exact) mass is 299 g/mol. The number of halogens is 1. The first-order valence-corrected chi connectivity index (χ1v) is 7.17. The van der Waals surface area contributed by atoms with Crippen LogP contribution in [0.3, 0.4) is 0 Å². The van der Waals surface area contributed by atoms with Crippen molar-refractivity contribution in [1.29, 1.82) is 0 Å². The second kappa shape index (κ2) is 8.69. The van der Waals surface area contributed by atoms with Crippen molar-refractivity contribution in [3.05, 3.63) is 23.8 Å². The van der Waals surface area contributed by atoms with Gasteiger partial charge in [0.1, 0.15) is 0 Å². The van der Waals surface area contributed by atoms with Gasteiger partial charge in [-0.3, -0.25) is 4.79 Å². The lowest BCUT2D eigenvalue weighted by Gasteiger charge is -2.12. The predicted molar refractivity (Wildman–Crippen MR) is 80.8 cm³/mol. The summed E-state index contributed by atoms with van der Waals surface area (Å²) in [6.07, 6.45) is 1.23. The SMILES string of the molecule is COc1ccc(CC(=O)NCC(C)CCCl)cc1OC. The van der Waals surface area contributed by atoms with E-state index in [2.05, 4.69) is 12.2 Å². The van der Waals surface area contributed by atoms with Gasteiger partial charge in [0.2, 0.25) is 5.91 Å². The van der Waals surface area contributed by atoms with Gasteiger partial charge < -0.3 is 14.8 Å². The van der Waals surface area contributed by atoms with E-state index in [1.807, 2.05) is 12.1 Å². The van der Waals surface area contributed by atoms with Crippen molar-refractivity contribution in [1.82, 2.24) is 5.32 Å². The van der Waals surface area contributed by atoms with Crippen molar-refractivity contribution in [3.8, 4) is 11.5 Å². The summed E-state index contributed by atoms with van der Waals surface area (Å²) in [6, 6.07) is 5.49. The molecule has 0 aliphatic rings. The van der Waals surface area contributed by atoms with Gasteiger partial charge in [-0.1, -0.05) is 13.0 Å². The van der Waals surface area contributed by atoms with Gasteiger partial charge in [-0.2, -0.15) is 0 Å². The molecule has 1 aromatic rings. The average Bonchev–Trinajstić information content (AvgIpc) is 2.45. The van der Waals surface area contributed by atoms with Crippen molar-refractivity contribution >= 4 is 17.5 Å². The molecule has 4 nitrogen and oxygen atoms in total. The van der Waals surface area contributed by atoms with Crippen LogP contribution in [0.1, 0.15) is 18.9 Å². The molecule has 0 saturated carbocycles. The quantitative estimate of drug-likeness (QED) is 0.751. The van der Waals surface area contributed by atoms with Crippen LogP contribution in [0.4, 0.5) is 0 Å². The number of hydrogen-bond acceptors (Lipinski definition) is 3. The van der Waals surface area contributed by atoms with E-state index in [-0.39, 0.29) is 5.91 Å². The number of alkyl halides is 1. The fourth-order valence-electron chi connectivity index (χ4n) is 1.81. The summed E-state index contributed by atoms with van der Waals surface area (Å²) in [4.78, 5) is 11.9. The Morgan fingerprint density at radius 1 is 1.30 bits per heavy atom. The highest BCUT2D eigenvalue weighted by atomic mass is 35.5. The maximum atomic E-state index is 11.9. The number of methoxy groups -OCH3 is 2. The molecule has 1 atom stereocenters. The number of nitrogens with one attached hydrogen (secondary N) is 1. The lowest BCUT2D eigenvalue weighted by molar-refractivity contribution is -0.120. The van der Waals surface area contributed by atoms with E-state index in [0.717, 1.165) is 12.0 Å². The number of hydrogen-bond donors (Lipinski definition) is 1. The summed E-state index contributed by atoms with van der Waals surface area (Å²) in [6.45, 7) is 2.72. The summed E-state index contributed by atoms with van der Waals surface area (Å²) >= 11 is 5.66. The molecule has 0 aliphatic carbocycles. The Hall–Kier alpha value is -1.42. The Labute approximate surface area is 125 Å². The Bertz CT molecular complexity index is 437. The van der Waals surface area contributed by atoms with Crippen LogP contribution in [0, 0.1) is 5.92 Å². The molecule has 1 unspecified atom stereocenters. The summed E-state index contributed by atoms with van der Waals surface area (Å²) in [5.74, 6) is 2.30. The van der Waals surface area contributed by atoms with E-state index in [1.165, 1.54) is 0 Å². The van der Waals surface area contributed by atoms with Gasteiger partial charge in [0.15, 0.2) is 11.5 Å². The van der Waals surface area contributed by atoms with Gasteiger partial charge in [-0.25, -0.2) is 0 Å². The minimum Gasteiger partial charge on any atom is -0.493 e. The lowest BCUT2D eigenvalue weighted by Crippen LogP contribution is -2.29. The molecule has 0 bridgehead atoms. The Morgan fingerprint density at radius 2 is 2.00 bits per heavy atom. The van der Waals surface area contributed by atoms with Crippen LogP contribution in [-0.4, -0.2) is 32.6 Å². The molecule has 0 aliphatic heterocycles. The molecule has 0 fully saturated rings. The van der Waals surface area contributed by atoms with Gasteiger partial charge in [-0.05, 0) is 30.0 Å². The van der Waals surface area contributed by atoms with Gasteiger partial charge in [0, 0.05) is 12.4 Å². The van der Waals surface area contributed by atoms with Crippen LogP contribution in [-0.2, 0) is 11.2 Å². The number of rotatable bonds is 8. The zero-order valence-corrected chi connectivity index (χ0v) is 13.0. The number of amides is 1. The van der Waals surface area contributed by atoms with Crippen LogP contribution in [0.25, 0.3) is 0 Å². The van der Waals surface area contributed by atoms with Crippen molar-refractivity contribution in [2.24, 2.45) is 5.92 Å². The first-order valence-electron chi connectivity index (χ1n) is 6.64. The van der Waals surface area contributed by atoms with Crippen LogP contribution in [0.5, 0.6) is 11.5 Å². The van der Waals surface area contributed by atoms with Crippen LogP contribution >= 0.6 is 11.6 Å². The number of carbonyl (C=O) groups is 1. The van der Waals surface area contributed by atoms with E-state index in [4.69, 9.17) is 21.1 Å². The summed E-state index contributed by atoms with van der Waals surface area (Å²) in [7, 11) is 3.16. The van der Waals surface area contributed by atoms with Crippen molar-refractivity contribution in [2.45, 2.75) is 19.8 Å². The zero-order chi connectivity index (χ0) is 15.0. The van der Waals surface area contributed by atoms with Crippen LogP contribution < -0.4 is 14.8 Å². The molecule has 1 aromatic carbocycles. The molecule has 1 N–H and O–H groups in total. The van der Waals surface area contributed by atoms with Crippen molar-refractivity contribution in [2.75, 3.05) is 26.6 Å². The number of ether oxygens (including phenoxy) is 2. The van der Waals surface area contributed by atoms with E-state index < -0.39 is 0 Å². The minimum atomic E-state index is -0.00126. The highest BCUT2D eigenvalue weighted by molar-refractivity contribution is 6.17. The summed E-state index contributed by atoms with van der Waals surface area (Å²) in [5.41, 5.74) is 0.894. The first kappa shape index (κ1) is 16.6. The lowest BCUT2D eigenvalue weighted by atomic mass is 10.1. The molecule has 112 valence electrons. The normalized spacial score (nSPS) is 11.8. The van der Waals surface area contributed by atoms with E-state index in [0.29, 0.717) is 36.3 Å². The zero-order valence-electron chi connectivity index (χ0n) is 12.2. The maximum absolute atomic E-state index is 11.9. The molecular weight excluding hydrogens is 278 g/mol. The first-order chi connectivity index (χ1) is 9.60. The fraction of sp³-hybridized carbons (Fsp3) is 0.533. The topological polar surface area (TPSA) is 47.6 Å². The van der Waals surface area contributed by atoms with Gasteiger partial charge in [0.25, 0.3) is 0 Å². The third kappa shape index (κ3) is 5.29. The van der Waals surface area contributed by atoms with Crippen LogP contribution in [0.2, 0.25) is 0 Å². The highest BCUT2D eigenvalue weighted by Gasteiger charge is 2.09. The molecule has 1 amide bonds. The second-order valence-electron chi connectivity index (χ2n) is 4.75. The largest absolute Gasteiger partial charge is 0.493 e. The van der Waals surface area contributed by atoms with Gasteiger partial charge in [-0.15, -0.1) is 11.6 Å². The Balaban J connectivity index is 2.53. The van der Waals surface area contributed by atoms with Gasteiger partial charge in [0.05, 0.1) is 20.6 Å². The van der Waals surface area contributed by atoms with Crippen molar-refractivity contribution < 1.29 is 14.3 Å². The number of benzene rings is 1. The van der Waals surface area contributed by atoms with Crippen molar-refractivity contribution in [3.63, 3.8) is 0 Å².